The highest BCUT2D eigenvalue weighted by atomic mass is 35.5. The van der Waals surface area contributed by atoms with E-state index in [4.69, 9.17) is 11.6 Å². The number of carbonyl (C=O) groups excluding carboxylic acids is 2. The topological polar surface area (TPSA) is 69.1 Å². The fraction of sp³-hybridized carbons (Fsp3) is 0. The van der Waals surface area contributed by atoms with E-state index < -0.39 is 0 Å². The minimum atomic E-state index is -0.180. The number of benzene rings is 2. The average molecular weight is 260 g/mol. The van der Waals surface area contributed by atoms with Gasteiger partial charge >= 0.3 is 0 Å². The van der Waals surface area contributed by atoms with Crippen molar-refractivity contribution < 1.29 is 9.59 Å². The molecule has 0 amide bonds. The standard InChI is InChI=1S/C14H7ClO2.H3N/c15-11-7-3-6-10-12(11)14(17)9-5-2-1-4-8(9)13(10)16;/h1-7H;1H3. The van der Waals surface area contributed by atoms with Crippen LogP contribution in [0.15, 0.2) is 42.5 Å². The molecule has 18 heavy (non-hydrogen) atoms. The van der Waals surface area contributed by atoms with Gasteiger partial charge in [-0.1, -0.05) is 48.0 Å². The maximum atomic E-state index is 12.2. The van der Waals surface area contributed by atoms with Crippen LogP contribution in [-0.2, 0) is 0 Å². The SMILES string of the molecule is N.O=C1c2ccccc2C(=O)c2c(Cl)cccc21. The molecule has 0 unspecified atom stereocenters. The second kappa shape index (κ2) is 4.37. The van der Waals surface area contributed by atoms with Crippen molar-refractivity contribution in [2.75, 3.05) is 0 Å². The number of fused-ring (bicyclic) bond motifs is 2. The summed E-state index contributed by atoms with van der Waals surface area (Å²) in [5.74, 6) is -0.321. The van der Waals surface area contributed by atoms with E-state index in [1.54, 1.807) is 42.5 Å². The van der Waals surface area contributed by atoms with Gasteiger partial charge in [0.25, 0.3) is 0 Å². The molecule has 0 aromatic heterocycles. The Kier molecular flexibility index (Phi) is 3.03. The van der Waals surface area contributed by atoms with Crippen molar-refractivity contribution in [1.29, 1.82) is 0 Å². The fourth-order valence-electron chi connectivity index (χ4n) is 2.10. The molecular weight excluding hydrogens is 250 g/mol. The summed E-state index contributed by atoms with van der Waals surface area (Å²) in [6, 6.07) is 11.8. The van der Waals surface area contributed by atoms with Crippen LogP contribution in [0.4, 0.5) is 0 Å². The van der Waals surface area contributed by atoms with Gasteiger partial charge < -0.3 is 6.15 Å². The van der Waals surface area contributed by atoms with Crippen molar-refractivity contribution in [3.63, 3.8) is 0 Å². The van der Waals surface area contributed by atoms with Gasteiger partial charge in [0.05, 0.1) is 10.6 Å². The maximum Gasteiger partial charge on any atom is 0.196 e. The quantitative estimate of drug-likeness (QED) is 0.674. The van der Waals surface area contributed by atoms with Crippen molar-refractivity contribution in [1.82, 2.24) is 6.15 Å². The Bertz CT molecular complexity index is 665. The minimum Gasteiger partial charge on any atom is -0.344 e. The summed E-state index contributed by atoms with van der Waals surface area (Å²) in [4.78, 5) is 24.4. The van der Waals surface area contributed by atoms with Crippen LogP contribution in [0.1, 0.15) is 31.8 Å². The van der Waals surface area contributed by atoms with Crippen molar-refractivity contribution in [3.05, 3.63) is 69.7 Å². The number of halogens is 1. The van der Waals surface area contributed by atoms with Crippen LogP contribution in [0.2, 0.25) is 5.02 Å². The molecule has 90 valence electrons. The van der Waals surface area contributed by atoms with Gasteiger partial charge in [0.1, 0.15) is 0 Å². The van der Waals surface area contributed by atoms with Crippen LogP contribution in [-0.4, -0.2) is 11.6 Å². The number of ketones is 2. The first kappa shape index (κ1) is 12.5. The lowest BCUT2D eigenvalue weighted by Gasteiger charge is -2.17. The van der Waals surface area contributed by atoms with E-state index in [1.165, 1.54) is 0 Å². The van der Waals surface area contributed by atoms with E-state index in [-0.39, 0.29) is 17.7 Å². The smallest absolute Gasteiger partial charge is 0.196 e. The Hall–Kier alpha value is -1.97. The van der Waals surface area contributed by atoms with Gasteiger partial charge in [-0.05, 0) is 6.07 Å². The van der Waals surface area contributed by atoms with Crippen LogP contribution in [0.5, 0.6) is 0 Å². The van der Waals surface area contributed by atoms with Crippen LogP contribution in [0.3, 0.4) is 0 Å². The second-order valence-corrected chi connectivity index (χ2v) is 4.27. The Morgan fingerprint density at radius 3 is 1.94 bits per heavy atom. The van der Waals surface area contributed by atoms with Crippen LogP contribution < -0.4 is 6.15 Å². The first-order chi connectivity index (χ1) is 8.20. The number of carbonyl (C=O) groups is 2. The van der Waals surface area contributed by atoms with E-state index in [2.05, 4.69) is 0 Å². The highest BCUT2D eigenvalue weighted by Gasteiger charge is 2.30. The second-order valence-electron chi connectivity index (χ2n) is 3.87. The summed E-state index contributed by atoms with van der Waals surface area (Å²) in [5.41, 5.74) is 1.59. The molecule has 1 aliphatic carbocycles. The summed E-state index contributed by atoms with van der Waals surface area (Å²) in [5, 5.41) is 0.329. The normalized spacial score (nSPS) is 12.5. The lowest BCUT2D eigenvalue weighted by Crippen LogP contribution is -2.21. The van der Waals surface area contributed by atoms with Gasteiger partial charge in [0.2, 0.25) is 0 Å². The van der Waals surface area contributed by atoms with E-state index >= 15 is 0 Å². The number of hydrogen-bond donors (Lipinski definition) is 1. The minimum absolute atomic E-state index is 0. The summed E-state index contributed by atoms with van der Waals surface area (Å²) < 4.78 is 0. The average Bonchev–Trinajstić information content (AvgIpc) is 2.36. The predicted molar refractivity (Wildman–Crippen MR) is 69.8 cm³/mol. The first-order valence-electron chi connectivity index (χ1n) is 5.17. The van der Waals surface area contributed by atoms with Gasteiger partial charge in [-0.15, -0.1) is 0 Å². The highest BCUT2D eigenvalue weighted by molar-refractivity contribution is 6.39. The Balaban J connectivity index is 0.00000120. The first-order valence-corrected chi connectivity index (χ1v) is 5.55. The molecule has 0 spiro atoms. The maximum absolute atomic E-state index is 12.2. The molecule has 3 rings (SSSR count). The van der Waals surface area contributed by atoms with Crippen molar-refractivity contribution >= 4 is 23.2 Å². The zero-order chi connectivity index (χ0) is 12.0. The molecule has 4 heteroatoms. The summed E-state index contributed by atoms with van der Waals surface area (Å²) in [6.45, 7) is 0. The molecule has 0 fully saturated rings. The van der Waals surface area contributed by atoms with E-state index in [0.717, 1.165) is 0 Å². The van der Waals surface area contributed by atoms with Crippen molar-refractivity contribution in [2.45, 2.75) is 0 Å². The van der Waals surface area contributed by atoms with Crippen molar-refractivity contribution in [3.8, 4) is 0 Å². The van der Waals surface area contributed by atoms with Gasteiger partial charge in [0, 0.05) is 16.7 Å². The van der Waals surface area contributed by atoms with Crippen LogP contribution in [0, 0.1) is 0 Å². The van der Waals surface area contributed by atoms with Crippen LogP contribution in [0.25, 0.3) is 0 Å². The van der Waals surface area contributed by atoms with E-state index in [1.807, 2.05) is 0 Å². The fourth-order valence-corrected chi connectivity index (χ4v) is 2.36. The van der Waals surface area contributed by atoms with Gasteiger partial charge in [-0.2, -0.15) is 0 Å². The molecule has 0 atom stereocenters. The molecule has 1 aliphatic rings. The molecule has 0 heterocycles. The third-order valence-corrected chi connectivity index (χ3v) is 3.22. The number of rotatable bonds is 0. The summed E-state index contributed by atoms with van der Waals surface area (Å²) in [7, 11) is 0. The molecule has 0 aliphatic heterocycles. The molecule has 2 aromatic rings. The van der Waals surface area contributed by atoms with Gasteiger partial charge in [-0.3, -0.25) is 9.59 Å². The van der Waals surface area contributed by atoms with Gasteiger partial charge in [-0.25, -0.2) is 0 Å². The molecule has 3 N–H and O–H groups in total. The Morgan fingerprint density at radius 2 is 1.28 bits per heavy atom. The monoisotopic (exact) mass is 259 g/mol. The van der Waals surface area contributed by atoms with E-state index in [0.29, 0.717) is 27.3 Å². The third-order valence-electron chi connectivity index (χ3n) is 2.90. The largest absolute Gasteiger partial charge is 0.344 e. The van der Waals surface area contributed by atoms with Crippen LogP contribution >= 0.6 is 11.6 Å². The molecule has 0 saturated carbocycles. The van der Waals surface area contributed by atoms with Gasteiger partial charge in [0.15, 0.2) is 11.6 Å². The molecule has 0 radical (unpaired) electrons. The lowest BCUT2D eigenvalue weighted by atomic mass is 9.84. The highest BCUT2D eigenvalue weighted by Crippen LogP contribution is 2.31. The lowest BCUT2D eigenvalue weighted by molar-refractivity contribution is 0.0979. The van der Waals surface area contributed by atoms with Crippen molar-refractivity contribution in [2.24, 2.45) is 0 Å². The summed E-state index contributed by atoms with van der Waals surface area (Å²) in [6.07, 6.45) is 0. The Labute approximate surface area is 109 Å². The molecule has 3 nitrogen and oxygen atoms in total. The predicted octanol–water partition coefficient (Wildman–Crippen LogP) is 3.28. The third kappa shape index (κ3) is 1.56. The Morgan fingerprint density at radius 1 is 0.722 bits per heavy atom. The van der Waals surface area contributed by atoms with E-state index in [9.17, 15) is 9.59 Å². The zero-order valence-corrected chi connectivity index (χ0v) is 10.2. The molecular formula is C14H10ClNO2. The molecule has 0 saturated heterocycles. The molecule has 2 aromatic carbocycles. The molecule has 0 bridgehead atoms. The summed E-state index contributed by atoms with van der Waals surface area (Å²) >= 11 is 6.00. The number of hydrogen-bond acceptors (Lipinski definition) is 3. The zero-order valence-electron chi connectivity index (χ0n) is 9.44.